The average molecular weight is 261 g/mol. The quantitative estimate of drug-likeness (QED) is 0.800. The van der Waals surface area contributed by atoms with E-state index in [2.05, 4.69) is 71.1 Å². The van der Waals surface area contributed by atoms with Gasteiger partial charge in [-0.05, 0) is 47.9 Å². The van der Waals surface area contributed by atoms with Gasteiger partial charge in [0.1, 0.15) is 0 Å². The fourth-order valence-electron chi connectivity index (χ4n) is 2.32. The van der Waals surface area contributed by atoms with E-state index in [1.54, 1.807) is 0 Å². The van der Waals surface area contributed by atoms with Crippen molar-refractivity contribution in [2.75, 3.05) is 13.1 Å². The summed E-state index contributed by atoms with van der Waals surface area (Å²) in [5, 5.41) is 3.49. The molecule has 1 aromatic carbocycles. The van der Waals surface area contributed by atoms with Gasteiger partial charge < -0.3 is 5.32 Å². The zero-order valence-corrected chi connectivity index (χ0v) is 13.6. The summed E-state index contributed by atoms with van der Waals surface area (Å²) in [7, 11) is 0. The molecule has 1 unspecified atom stereocenters. The SMILES string of the molecule is CCNCC(Cc1ccc(C(C)(C)C)cc1)C(C)C. The molecule has 0 heterocycles. The molecule has 1 heteroatoms. The Hall–Kier alpha value is -0.820. The molecule has 0 aromatic heterocycles. The second-order valence-corrected chi connectivity index (χ2v) is 6.96. The van der Waals surface area contributed by atoms with Crippen molar-refractivity contribution < 1.29 is 0 Å². The summed E-state index contributed by atoms with van der Waals surface area (Å²) in [4.78, 5) is 0. The number of benzene rings is 1. The number of rotatable bonds is 6. The molecular formula is C18H31N. The van der Waals surface area contributed by atoms with Gasteiger partial charge in [0.05, 0.1) is 0 Å². The Bertz CT molecular complexity index is 356. The van der Waals surface area contributed by atoms with Crippen LogP contribution in [0.1, 0.15) is 52.7 Å². The van der Waals surface area contributed by atoms with Crippen molar-refractivity contribution in [3.8, 4) is 0 Å². The minimum absolute atomic E-state index is 0.250. The fourth-order valence-corrected chi connectivity index (χ4v) is 2.32. The van der Waals surface area contributed by atoms with E-state index in [-0.39, 0.29) is 5.41 Å². The Balaban J connectivity index is 2.69. The zero-order chi connectivity index (χ0) is 14.5. The van der Waals surface area contributed by atoms with Crippen LogP contribution in [0.2, 0.25) is 0 Å². The standard InChI is InChI=1S/C18H31N/c1-7-19-13-16(14(2)3)12-15-8-10-17(11-9-15)18(4,5)6/h8-11,14,16,19H,7,12-13H2,1-6H3. The van der Waals surface area contributed by atoms with Crippen molar-refractivity contribution in [2.24, 2.45) is 11.8 Å². The Morgan fingerprint density at radius 3 is 2.05 bits per heavy atom. The Morgan fingerprint density at radius 2 is 1.63 bits per heavy atom. The van der Waals surface area contributed by atoms with Gasteiger partial charge in [-0.2, -0.15) is 0 Å². The molecule has 0 aliphatic heterocycles. The third-order valence-corrected chi connectivity index (χ3v) is 3.92. The first-order chi connectivity index (χ1) is 8.84. The molecule has 0 saturated carbocycles. The minimum atomic E-state index is 0.250. The molecule has 1 aromatic rings. The van der Waals surface area contributed by atoms with Crippen molar-refractivity contribution in [3.63, 3.8) is 0 Å². The van der Waals surface area contributed by atoms with E-state index in [1.807, 2.05) is 0 Å². The number of hydrogen-bond acceptors (Lipinski definition) is 1. The van der Waals surface area contributed by atoms with E-state index in [0.717, 1.165) is 24.9 Å². The van der Waals surface area contributed by atoms with Gasteiger partial charge in [0.25, 0.3) is 0 Å². The smallest absolute Gasteiger partial charge is 0.00150 e. The van der Waals surface area contributed by atoms with Crippen LogP contribution in [0.15, 0.2) is 24.3 Å². The summed E-state index contributed by atoms with van der Waals surface area (Å²) in [6, 6.07) is 9.20. The summed E-state index contributed by atoms with van der Waals surface area (Å²) >= 11 is 0. The van der Waals surface area contributed by atoms with Crippen molar-refractivity contribution >= 4 is 0 Å². The lowest BCUT2D eigenvalue weighted by molar-refractivity contribution is 0.363. The predicted molar refractivity (Wildman–Crippen MR) is 85.7 cm³/mol. The van der Waals surface area contributed by atoms with E-state index in [0.29, 0.717) is 0 Å². The lowest BCUT2D eigenvalue weighted by Crippen LogP contribution is -2.27. The summed E-state index contributed by atoms with van der Waals surface area (Å²) in [5.74, 6) is 1.45. The zero-order valence-electron chi connectivity index (χ0n) is 13.6. The normalized spacial score (nSPS) is 13.8. The number of hydrogen-bond donors (Lipinski definition) is 1. The van der Waals surface area contributed by atoms with Gasteiger partial charge in [-0.1, -0.05) is 65.8 Å². The molecule has 0 aliphatic rings. The van der Waals surface area contributed by atoms with Crippen molar-refractivity contribution in [1.29, 1.82) is 0 Å². The summed E-state index contributed by atoms with van der Waals surface area (Å²) in [6.07, 6.45) is 1.18. The average Bonchev–Trinajstić information content (AvgIpc) is 2.33. The van der Waals surface area contributed by atoms with Gasteiger partial charge in [-0.25, -0.2) is 0 Å². The van der Waals surface area contributed by atoms with Crippen LogP contribution < -0.4 is 5.32 Å². The maximum Gasteiger partial charge on any atom is -0.00150 e. The summed E-state index contributed by atoms with van der Waals surface area (Å²) in [5.41, 5.74) is 3.13. The lowest BCUT2D eigenvalue weighted by atomic mass is 9.84. The van der Waals surface area contributed by atoms with Gasteiger partial charge in [-0.15, -0.1) is 0 Å². The predicted octanol–water partition coefficient (Wildman–Crippen LogP) is 4.41. The minimum Gasteiger partial charge on any atom is -0.317 e. The highest BCUT2D eigenvalue weighted by Gasteiger charge is 2.15. The van der Waals surface area contributed by atoms with Crippen LogP contribution in [0.5, 0.6) is 0 Å². The summed E-state index contributed by atoms with van der Waals surface area (Å²) in [6.45, 7) is 15.8. The van der Waals surface area contributed by atoms with Crippen LogP contribution in [0.25, 0.3) is 0 Å². The largest absolute Gasteiger partial charge is 0.317 e. The molecule has 1 rings (SSSR count). The molecule has 0 bridgehead atoms. The fraction of sp³-hybridized carbons (Fsp3) is 0.667. The molecule has 0 amide bonds. The highest BCUT2D eigenvalue weighted by Crippen LogP contribution is 2.23. The maximum absolute atomic E-state index is 3.49. The van der Waals surface area contributed by atoms with Crippen LogP contribution in [0, 0.1) is 11.8 Å². The molecule has 1 atom stereocenters. The van der Waals surface area contributed by atoms with E-state index in [1.165, 1.54) is 17.5 Å². The molecule has 1 N–H and O–H groups in total. The maximum atomic E-state index is 3.49. The van der Waals surface area contributed by atoms with Crippen molar-refractivity contribution in [1.82, 2.24) is 5.32 Å². The molecule has 0 spiro atoms. The molecular weight excluding hydrogens is 230 g/mol. The van der Waals surface area contributed by atoms with Crippen LogP contribution in [0.3, 0.4) is 0 Å². The first-order valence-electron chi connectivity index (χ1n) is 7.64. The van der Waals surface area contributed by atoms with Gasteiger partial charge in [0.2, 0.25) is 0 Å². The first kappa shape index (κ1) is 16.2. The molecule has 108 valence electrons. The third-order valence-electron chi connectivity index (χ3n) is 3.92. The van der Waals surface area contributed by atoms with E-state index in [4.69, 9.17) is 0 Å². The third kappa shape index (κ3) is 5.36. The Kier molecular flexibility index (Phi) is 6.06. The number of nitrogens with one attached hydrogen (secondary N) is 1. The van der Waals surface area contributed by atoms with Gasteiger partial charge in [-0.3, -0.25) is 0 Å². The van der Waals surface area contributed by atoms with E-state index in [9.17, 15) is 0 Å². The topological polar surface area (TPSA) is 12.0 Å². The molecule has 19 heavy (non-hydrogen) atoms. The van der Waals surface area contributed by atoms with Crippen molar-refractivity contribution in [2.45, 2.75) is 53.4 Å². The monoisotopic (exact) mass is 261 g/mol. The summed E-state index contributed by atoms with van der Waals surface area (Å²) < 4.78 is 0. The second kappa shape index (κ2) is 7.09. The van der Waals surface area contributed by atoms with Crippen LogP contribution in [-0.2, 0) is 11.8 Å². The highest BCUT2D eigenvalue weighted by molar-refractivity contribution is 5.27. The Morgan fingerprint density at radius 1 is 1.05 bits per heavy atom. The van der Waals surface area contributed by atoms with Gasteiger partial charge in [0.15, 0.2) is 0 Å². The van der Waals surface area contributed by atoms with E-state index < -0.39 is 0 Å². The van der Waals surface area contributed by atoms with Crippen LogP contribution in [0.4, 0.5) is 0 Å². The van der Waals surface area contributed by atoms with Crippen LogP contribution in [-0.4, -0.2) is 13.1 Å². The second-order valence-electron chi connectivity index (χ2n) is 6.96. The van der Waals surface area contributed by atoms with Gasteiger partial charge in [0, 0.05) is 0 Å². The van der Waals surface area contributed by atoms with E-state index >= 15 is 0 Å². The Labute approximate surface area is 119 Å². The lowest BCUT2D eigenvalue weighted by Gasteiger charge is -2.23. The molecule has 0 fully saturated rings. The van der Waals surface area contributed by atoms with Crippen molar-refractivity contribution in [3.05, 3.63) is 35.4 Å². The molecule has 0 radical (unpaired) electrons. The highest BCUT2D eigenvalue weighted by atomic mass is 14.8. The van der Waals surface area contributed by atoms with Gasteiger partial charge >= 0.3 is 0 Å². The van der Waals surface area contributed by atoms with Crippen LogP contribution >= 0.6 is 0 Å². The molecule has 0 saturated heterocycles. The molecule has 1 nitrogen and oxygen atoms in total. The molecule has 0 aliphatic carbocycles. The first-order valence-corrected chi connectivity index (χ1v) is 7.64.